The topological polar surface area (TPSA) is 29.5 Å². The first-order chi connectivity index (χ1) is 12.1. The predicted molar refractivity (Wildman–Crippen MR) is 90.6 cm³/mol. The molecule has 0 saturated carbocycles. The number of likely N-dealkylation sites (tertiary alicyclic amines) is 1. The van der Waals surface area contributed by atoms with Gasteiger partial charge in [0.1, 0.15) is 18.2 Å². The molecule has 0 amide bonds. The monoisotopic (exact) mass is 345 g/mol. The molecule has 1 unspecified atom stereocenters. The van der Waals surface area contributed by atoms with E-state index in [1.807, 2.05) is 6.07 Å². The predicted octanol–water partition coefficient (Wildman–Crippen LogP) is 3.92. The van der Waals surface area contributed by atoms with E-state index in [0.29, 0.717) is 24.2 Å². The van der Waals surface area contributed by atoms with E-state index in [1.54, 1.807) is 30.3 Å². The van der Waals surface area contributed by atoms with Crippen molar-refractivity contribution < 1.29 is 18.3 Å². The molecule has 0 bridgehead atoms. The molecule has 1 fully saturated rings. The number of carbonyl (C=O) groups excluding carboxylic acids is 1. The number of piperidine rings is 1. The summed E-state index contributed by atoms with van der Waals surface area (Å²) in [6.07, 6.45) is 1.60. The SMILES string of the molecule is O=C(OCc1ccccc1F)C1CCCN(Cc2ccccc2F)C1. The molecule has 3 nitrogen and oxygen atoms in total. The summed E-state index contributed by atoms with van der Waals surface area (Å²) in [7, 11) is 0. The van der Waals surface area contributed by atoms with Gasteiger partial charge in [-0.05, 0) is 31.5 Å². The number of nitrogens with zero attached hydrogens (tertiary/aromatic N) is 1. The lowest BCUT2D eigenvalue weighted by Crippen LogP contribution is -2.39. The Morgan fingerprint density at radius 3 is 2.36 bits per heavy atom. The summed E-state index contributed by atoms with van der Waals surface area (Å²) in [4.78, 5) is 14.4. The third kappa shape index (κ3) is 4.63. The van der Waals surface area contributed by atoms with Crippen molar-refractivity contribution in [1.29, 1.82) is 0 Å². The van der Waals surface area contributed by atoms with E-state index in [4.69, 9.17) is 4.74 Å². The van der Waals surface area contributed by atoms with Crippen LogP contribution < -0.4 is 0 Å². The summed E-state index contributed by atoms with van der Waals surface area (Å²) >= 11 is 0. The van der Waals surface area contributed by atoms with Crippen LogP contribution in [0.4, 0.5) is 8.78 Å². The Kier molecular flexibility index (Phi) is 5.76. The van der Waals surface area contributed by atoms with Gasteiger partial charge < -0.3 is 4.74 Å². The van der Waals surface area contributed by atoms with E-state index in [9.17, 15) is 13.6 Å². The van der Waals surface area contributed by atoms with Crippen molar-refractivity contribution in [1.82, 2.24) is 4.90 Å². The van der Waals surface area contributed by atoms with Gasteiger partial charge in [0, 0.05) is 24.2 Å². The van der Waals surface area contributed by atoms with Gasteiger partial charge >= 0.3 is 5.97 Å². The number of benzene rings is 2. The van der Waals surface area contributed by atoms with Gasteiger partial charge in [0.2, 0.25) is 0 Å². The van der Waals surface area contributed by atoms with Crippen LogP contribution in [0.5, 0.6) is 0 Å². The highest BCUT2D eigenvalue weighted by Crippen LogP contribution is 2.21. The molecule has 5 heteroatoms. The molecule has 2 aromatic rings. The van der Waals surface area contributed by atoms with E-state index in [1.165, 1.54) is 12.1 Å². The molecule has 1 aliphatic rings. The molecule has 3 rings (SSSR count). The van der Waals surface area contributed by atoms with Crippen molar-refractivity contribution >= 4 is 5.97 Å². The van der Waals surface area contributed by atoms with Crippen molar-refractivity contribution in [2.45, 2.75) is 26.0 Å². The number of rotatable bonds is 5. The van der Waals surface area contributed by atoms with Crippen molar-refractivity contribution in [2.24, 2.45) is 5.92 Å². The molecule has 1 atom stereocenters. The van der Waals surface area contributed by atoms with Crippen molar-refractivity contribution in [3.63, 3.8) is 0 Å². The first kappa shape index (κ1) is 17.5. The summed E-state index contributed by atoms with van der Waals surface area (Å²) in [6, 6.07) is 12.9. The van der Waals surface area contributed by atoms with Crippen LogP contribution in [-0.2, 0) is 22.7 Å². The van der Waals surface area contributed by atoms with Crippen LogP contribution in [0, 0.1) is 17.6 Å². The van der Waals surface area contributed by atoms with Crippen molar-refractivity contribution in [3.8, 4) is 0 Å². The first-order valence-corrected chi connectivity index (χ1v) is 8.49. The van der Waals surface area contributed by atoms with Gasteiger partial charge in [-0.15, -0.1) is 0 Å². The summed E-state index contributed by atoms with van der Waals surface area (Å²) in [5.41, 5.74) is 0.998. The summed E-state index contributed by atoms with van der Waals surface area (Å²) in [5.74, 6) is -1.18. The number of carbonyl (C=O) groups is 1. The molecule has 132 valence electrons. The Labute approximate surface area is 146 Å². The zero-order valence-corrected chi connectivity index (χ0v) is 14.0. The number of hydrogen-bond acceptors (Lipinski definition) is 3. The van der Waals surface area contributed by atoms with Crippen LogP contribution in [0.25, 0.3) is 0 Å². The third-order valence-corrected chi connectivity index (χ3v) is 4.52. The Hall–Kier alpha value is -2.27. The Bertz CT molecular complexity index is 735. The van der Waals surface area contributed by atoms with E-state index in [0.717, 1.165) is 19.4 Å². The summed E-state index contributed by atoms with van der Waals surface area (Å²) in [5, 5.41) is 0. The van der Waals surface area contributed by atoms with Gasteiger partial charge in [-0.2, -0.15) is 0 Å². The highest BCUT2D eigenvalue weighted by Gasteiger charge is 2.27. The van der Waals surface area contributed by atoms with E-state index in [2.05, 4.69) is 4.90 Å². The van der Waals surface area contributed by atoms with Gasteiger partial charge in [-0.25, -0.2) is 8.78 Å². The summed E-state index contributed by atoms with van der Waals surface area (Å²) in [6.45, 7) is 1.77. The lowest BCUT2D eigenvalue weighted by Gasteiger charge is -2.31. The fraction of sp³-hybridized carbons (Fsp3) is 0.350. The zero-order valence-electron chi connectivity index (χ0n) is 14.0. The smallest absolute Gasteiger partial charge is 0.310 e. The van der Waals surface area contributed by atoms with Crippen LogP contribution in [0.1, 0.15) is 24.0 Å². The molecule has 0 spiro atoms. The molecule has 1 aliphatic heterocycles. The fourth-order valence-corrected chi connectivity index (χ4v) is 3.14. The maximum absolute atomic E-state index is 13.8. The maximum Gasteiger partial charge on any atom is 0.310 e. The molecule has 0 radical (unpaired) electrons. The van der Waals surface area contributed by atoms with Crippen LogP contribution in [0.3, 0.4) is 0 Å². The second kappa shape index (κ2) is 8.21. The van der Waals surface area contributed by atoms with Gasteiger partial charge in [0.15, 0.2) is 0 Å². The normalized spacial score (nSPS) is 18.1. The van der Waals surface area contributed by atoms with E-state index >= 15 is 0 Å². The van der Waals surface area contributed by atoms with Crippen molar-refractivity contribution in [2.75, 3.05) is 13.1 Å². The van der Waals surface area contributed by atoms with E-state index < -0.39 is 0 Å². The average molecular weight is 345 g/mol. The Morgan fingerprint density at radius 1 is 1.04 bits per heavy atom. The molecule has 2 aromatic carbocycles. The lowest BCUT2D eigenvalue weighted by molar-refractivity contribution is -0.152. The van der Waals surface area contributed by atoms with Gasteiger partial charge in [-0.3, -0.25) is 9.69 Å². The number of hydrogen-bond donors (Lipinski definition) is 0. The molecule has 1 saturated heterocycles. The fourth-order valence-electron chi connectivity index (χ4n) is 3.14. The number of ether oxygens (including phenoxy) is 1. The third-order valence-electron chi connectivity index (χ3n) is 4.52. The maximum atomic E-state index is 13.8. The van der Waals surface area contributed by atoms with Crippen molar-refractivity contribution in [3.05, 3.63) is 71.3 Å². The average Bonchev–Trinajstić information content (AvgIpc) is 2.63. The second-order valence-electron chi connectivity index (χ2n) is 6.36. The Morgan fingerprint density at radius 2 is 1.68 bits per heavy atom. The molecular weight excluding hydrogens is 324 g/mol. The number of halogens is 2. The summed E-state index contributed by atoms with van der Waals surface area (Å²) < 4.78 is 32.7. The molecule has 0 aromatic heterocycles. The van der Waals surface area contributed by atoms with Crippen LogP contribution in [0.15, 0.2) is 48.5 Å². The minimum atomic E-state index is -0.375. The number of esters is 1. The van der Waals surface area contributed by atoms with Crippen LogP contribution in [0.2, 0.25) is 0 Å². The van der Waals surface area contributed by atoms with Gasteiger partial charge in [0.05, 0.1) is 5.92 Å². The van der Waals surface area contributed by atoms with Gasteiger partial charge in [0.25, 0.3) is 0 Å². The van der Waals surface area contributed by atoms with Crippen LogP contribution in [-0.4, -0.2) is 24.0 Å². The zero-order chi connectivity index (χ0) is 17.6. The largest absolute Gasteiger partial charge is 0.460 e. The molecule has 1 heterocycles. The molecular formula is C20H21F2NO2. The standard InChI is InChI=1S/C20H21F2NO2/c21-18-9-3-1-6-15(18)12-23-11-5-8-16(13-23)20(24)25-14-17-7-2-4-10-19(17)22/h1-4,6-7,9-10,16H,5,8,11-14H2. The lowest BCUT2D eigenvalue weighted by atomic mass is 9.97. The molecule has 25 heavy (non-hydrogen) atoms. The minimum Gasteiger partial charge on any atom is -0.460 e. The highest BCUT2D eigenvalue weighted by molar-refractivity contribution is 5.72. The second-order valence-corrected chi connectivity index (χ2v) is 6.36. The Balaban J connectivity index is 1.55. The van der Waals surface area contributed by atoms with Crippen LogP contribution >= 0.6 is 0 Å². The highest BCUT2D eigenvalue weighted by atomic mass is 19.1. The first-order valence-electron chi connectivity index (χ1n) is 8.49. The van der Waals surface area contributed by atoms with Gasteiger partial charge in [-0.1, -0.05) is 36.4 Å². The molecule has 0 N–H and O–H groups in total. The molecule has 0 aliphatic carbocycles. The quantitative estimate of drug-likeness (QED) is 0.769. The minimum absolute atomic E-state index is 0.0602. The van der Waals surface area contributed by atoms with E-state index in [-0.39, 0.29) is 30.1 Å².